The number of halogens is 4. The smallest absolute Gasteiger partial charge is 0.416 e. The van der Waals surface area contributed by atoms with Gasteiger partial charge >= 0.3 is 6.18 Å². The van der Waals surface area contributed by atoms with Crippen LogP contribution in [-0.4, -0.2) is 4.98 Å². The summed E-state index contributed by atoms with van der Waals surface area (Å²) < 4.78 is 44.4. The molecule has 0 atom stereocenters. The summed E-state index contributed by atoms with van der Waals surface area (Å²) in [5.74, 6) is 5.23. The van der Waals surface area contributed by atoms with E-state index < -0.39 is 11.7 Å². The second-order valence-corrected chi connectivity index (χ2v) is 4.92. The number of alkyl halides is 3. The number of hydrogen-bond donors (Lipinski definition) is 2. The topological polar surface area (TPSA) is 60.2 Å². The van der Waals surface area contributed by atoms with Crippen LogP contribution in [0, 0.1) is 3.57 Å². The number of aromatic nitrogens is 1. The van der Waals surface area contributed by atoms with Crippen LogP contribution in [0.1, 0.15) is 5.56 Å². The number of nitrogens with zero attached hydrogens (tertiary/aromatic N) is 1. The lowest BCUT2D eigenvalue weighted by Crippen LogP contribution is -2.12. The Labute approximate surface area is 126 Å². The van der Waals surface area contributed by atoms with E-state index >= 15 is 0 Å². The number of hydrogen-bond acceptors (Lipinski definition) is 4. The van der Waals surface area contributed by atoms with Crippen LogP contribution < -0.4 is 16.0 Å². The Morgan fingerprint density at radius 2 is 1.90 bits per heavy atom. The number of nitrogen functional groups attached to an aromatic ring is 1. The fraction of sp³-hybridized carbons (Fsp3) is 0.0833. The Bertz CT molecular complexity index is 619. The highest BCUT2D eigenvalue weighted by Gasteiger charge is 2.32. The lowest BCUT2D eigenvalue weighted by Gasteiger charge is -2.12. The number of hydrazine groups is 1. The average molecular weight is 395 g/mol. The van der Waals surface area contributed by atoms with E-state index in [-0.39, 0.29) is 11.7 Å². The number of para-hydroxylation sites is 1. The summed E-state index contributed by atoms with van der Waals surface area (Å²) in [5, 5.41) is 0. The van der Waals surface area contributed by atoms with Crippen LogP contribution in [0.25, 0.3) is 0 Å². The molecule has 0 saturated heterocycles. The quantitative estimate of drug-likeness (QED) is 0.472. The number of benzene rings is 1. The second kappa shape index (κ2) is 5.83. The van der Waals surface area contributed by atoms with Gasteiger partial charge in [-0.05, 0) is 40.8 Å². The molecule has 0 saturated carbocycles. The maximum atomic E-state index is 12.7. The fourth-order valence-corrected chi connectivity index (χ4v) is 1.93. The van der Waals surface area contributed by atoms with Crippen LogP contribution in [0.4, 0.5) is 19.0 Å². The first-order valence-corrected chi connectivity index (χ1v) is 6.46. The van der Waals surface area contributed by atoms with Gasteiger partial charge in [0.25, 0.3) is 0 Å². The van der Waals surface area contributed by atoms with Crippen molar-refractivity contribution in [2.24, 2.45) is 5.84 Å². The van der Waals surface area contributed by atoms with Crippen molar-refractivity contribution in [1.82, 2.24) is 4.98 Å². The van der Waals surface area contributed by atoms with Gasteiger partial charge in [-0.1, -0.05) is 12.1 Å². The number of pyridine rings is 1. The minimum atomic E-state index is -4.50. The molecule has 1 aromatic carbocycles. The lowest BCUT2D eigenvalue weighted by atomic mass is 10.2. The first-order chi connectivity index (χ1) is 9.40. The highest BCUT2D eigenvalue weighted by molar-refractivity contribution is 14.1. The van der Waals surface area contributed by atoms with E-state index in [0.29, 0.717) is 5.75 Å². The fourth-order valence-electron chi connectivity index (χ4n) is 1.44. The van der Waals surface area contributed by atoms with Gasteiger partial charge in [-0.15, -0.1) is 0 Å². The average Bonchev–Trinajstić information content (AvgIpc) is 2.40. The van der Waals surface area contributed by atoms with Gasteiger partial charge in [0.1, 0.15) is 11.6 Å². The van der Waals surface area contributed by atoms with Gasteiger partial charge in [-0.3, -0.25) is 0 Å². The SMILES string of the molecule is NNc1cc(C(F)(F)F)cc(Oc2ccccc2I)n1. The van der Waals surface area contributed by atoms with E-state index in [4.69, 9.17) is 10.6 Å². The monoisotopic (exact) mass is 395 g/mol. The molecule has 0 amide bonds. The van der Waals surface area contributed by atoms with Crippen molar-refractivity contribution < 1.29 is 17.9 Å². The molecule has 2 rings (SSSR count). The molecule has 0 aliphatic heterocycles. The zero-order chi connectivity index (χ0) is 14.8. The summed E-state index contributed by atoms with van der Waals surface area (Å²) in [6.07, 6.45) is -4.50. The summed E-state index contributed by atoms with van der Waals surface area (Å²) in [6.45, 7) is 0. The highest BCUT2D eigenvalue weighted by atomic mass is 127. The minimum Gasteiger partial charge on any atom is -0.438 e. The molecule has 0 aliphatic carbocycles. The van der Waals surface area contributed by atoms with Crippen LogP contribution in [0.3, 0.4) is 0 Å². The summed E-state index contributed by atoms with van der Waals surface area (Å²) in [7, 11) is 0. The van der Waals surface area contributed by atoms with Gasteiger partial charge in [-0.2, -0.15) is 18.2 Å². The third-order valence-electron chi connectivity index (χ3n) is 2.33. The molecule has 1 aromatic heterocycles. The van der Waals surface area contributed by atoms with Crippen LogP contribution in [0.15, 0.2) is 36.4 Å². The third-order valence-corrected chi connectivity index (χ3v) is 3.22. The number of rotatable bonds is 3. The Balaban J connectivity index is 2.39. The molecular formula is C12H9F3IN3O. The number of ether oxygens (including phenoxy) is 1. The molecule has 8 heteroatoms. The second-order valence-electron chi connectivity index (χ2n) is 3.75. The molecule has 0 radical (unpaired) electrons. The third kappa shape index (κ3) is 3.51. The number of nitrogens with two attached hydrogens (primary N) is 1. The first-order valence-electron chi connectivity index (χ1n) is 5.38. The van der Waals surface area contributed by atoms with Gasteiger partial charge in [-0.25, -0.2) is 5.84 Å². The molecule has 1 heterocycles. The van der Waals surface area contributed by atoms with Crippen molar-refractivity contribution in [3.8, 4) is 11.6 Å². The van der Waals surface area contributed by atoms with E-state index in [2.05, 4.69) is 10.4 Å². The van der Waals surface area contributed by atoms with Crippen molar-refractivity contribution in [3.63, 3.8) is 0 Å². The van der Waals surface area contributed by atoms with Crippen molar-refractivity contribution >= 4 is 28.4 Å². The standard InChI is InChI=1S/C12H9F3IN3O/c13-12(14,15)7-5-10(19-17)18-11(6-7)20-9-4-2-1-3-8(9)16/h1-6H,17H2,(H,18,19). The van der Waals surface area contributed by atoms with Gasteiger partial charge in [0.15, 0.2) is 0 Å². The summed E-state index contributed by atoms with van der Waals surface area (Å²) in [4.78, 5) is 3.84. The normalized spacial score (nSPS) is 11.2. The largest absolute Gasteiger partial charge is 0.438 e. The van der Waals surface area contributed by atoms with E-state index in [9.17, 15) is 13.2 Å². The van der Waals surface area contributed by atoms with Gasteiger partial charge in [0, 0.05) is 6.07 Å². The minimum absolute atomic E-state index is 0.124. The Kier molecular flexibility index (Phi) is 4.33. The molecule has 0 unspecified atom stereocenters. The molecule has 0 aliphatic rings. The van der Waals surface area contributed by atoms with Gasteiger partial charge < -0.3 is 10.2 Å². The van der Waals surface area contributed by atoms with Crippen LogP contribution in [-0.2, 0) is 6.18 Å². The Morgan fingerprint density at radius 3 is 2.50 bits per heavy atom. The van der Waals surface area contributed by atoms with Crippen LogP contribution in [0.2, 0.25) is 0 Å². The van der Waals surface area contributed by atoms with Gasteiger partial charge in [0.05, 0.1) is 9.13 Å². The Hall–Kier alpha value is -1.55. The predicted molar refractivity (Wildman–Crippen MR) is 76.3 cm³/mol. The molecule has 106 valence electrons. The lowest BCUT2D eigenvalue weighted by molar-refractivity contribution is -0.137. The predicted octanol–water partition coefficient (Wildman–Crippen LogP) is 3.78. The van der Waals surface area contributed by atoms with Crippen molar-refractivity contribution in [2.45, 2.75) is 6.18 Å². The summed E-state index contributed by atoms with van der Waals surface area (Å²) in [5.41, 5.74) is 1.20. The molecule has 3 N–H and O–H groups in total. The molecule has 0 fully saturated rings. The molecule has 4 nitrogen and oxygen atoms in total. The maximum Gasteiger partial charge on any atom is 0.416 e. The molecule has 0 bridgehead atoms. The van der Waals surface area contributed by atoms with E-state index in [1.54, 1.807) is 24.3 Å². The molecule has 0 spiro atoms. The molecule has 2 aromatic rings. The van der Waals surface area contributed by atoms with Crippen LogP contribution in [0.5, 0.6) is 11.6 Å². The van der Waals surface area contributed by atoms with Crippen molar-refractivity contribution in [2.75, 3.05) is 5.43 Å². The van der Waals surface area contributed by atoms with Crippen LogP contribution >= 0.6 is 22.6 Å². The molecule has 20 heavy (non-hydrogen) atoms. The zero-order valence-electron chi connectivity index (χ0n) is 9.91. The zero-order valence-corrected chi connectivity index (χ0v) is 12.1. The van der Waals surface area contributed by atoms with E-state index in [1.807, 2.05) is 22.6 Å². The van der Waals surface area contributed by atoms with Crippen molar-refractivity contribution in [3.05, 3.63) is 45.5 Å². The number of anilines is 1. The molecular weight excluding hydrogens is 386 g/mol. The number of nitrogens with one attached hydrogen (secondary N) is 1. The Morgan fingerprint density at radius 1 is 1.20 bits per heavy atom. The summed E-state index contributed by atoms with van der Waals surface area (Å²) in [6, 6.07) is 8.55. The first kappa shape index (κ1) is 14.9. The van der Waals surface area contributed by atoms with E-state index in [0.717, 1.165) is 15.7 Å². The highest BCUT2D eigenvalue weighted by Crippen LogP contribution is 2.34. The van der Waals surface area contributed by atoms with Gasteiger partial charge in [0.2, 0.25) is 5.88 Å². The maximum absolute atomic E-state index is 12.7. The summed E-state index contributed by atoms with van der Waals surface area (Å²) >= 11 is 2.01. The van der Waals surface area contributed by atoms with E-state index in [1.165, 1.54) is 0 Å². The van der Waals surface area contributed by atoms with Crippen molar-refractivity contribution in [1.29, 1.82) is 0 Å².